The van der Waals surface area contributed by atoms with Crippen LogP contribution in [0.4, 0.5) is 10.5 Å². The van der Waals surface area contributed by atoms with Gasteiger partial charge in [-0.05, 0) is 70.0 Å². The van der Waals surface area contributed by atoms with E-state index in [1.807, 2.05) is 45.0 Å². The van der Waals surface area contributed by atoms with Crippen molar-refractivity contribution in [1.29, 1.82) is 0 Å². The van der Waals surface area contributed by atoms with E-state index in [0.29, 0.717) is 25.1 Å². The minimum atomic E-state index is -1.30. The second-order valence-corrected chi connectivity index (χ2v) is 11.6. The molecule has 33 heavy (non-hydrogen) atoms. The summed E-state index contributed by atoms with van der Waals surface area (Å²) in [5, 5.41) is 0. The number of amides is 1. The number of piperidine rings is 1. The van der Waals surface area contributed by atoms with Crippen LogP contribution in [0, 0.1) is 11.3 Å². The van der Waals surface area contributed by atoms with Gasteiger partial charge in [0.15, 0.2) is 5.54 Å². The maximum absolute atomic E-state index is 14.0. The van der Waals surface area contributed by atoms with Crippen LogP contribution in [-0.2, 0) is 24.5 Å². The van der Waals surface area contributed by atoms with Gasteiger partial charge in [-0.25, -0.2) is 9.59 Å². The molecule has 0 N–H and O–H groups in total. The summed E-state index contributed by atoms with van der Waals surface area (Å²) < 4.78 is 11.4. The van der Waals surface area contributed by atoms with Gasteiger partial charge in [0.2, 0.25) is 0 Å². The number of ether oxygens (including phenoxy) is 2. The highest BCUT2D eigenvalue weighted by molar-refractivity contribution is 6.07. The molecule has 3 heterocycles. The summed E-state index contributed by atoms with van der Waals surface area (Å²) in [7, 11) is 1.39. The van der Waals surface area contributed by atoms with Crippen LogP contribution in [0.5, 0.6) is 0 Å². The lowest BCUT2D eigenvalue weighted by atomic mass is 9.41. The normalized spacial score (nSPS) is 38.5. The Bertz CT molecular complexity index is 1080. The molecule has 0 radical (unpaired) electrons. The third-order valence-corrected chi connectivity index (χ3v) is 9.12. The van der Waals surface area contributed by atoms with E-state index in [0.717, 1.165) is 31.4 Å². The Balaban J connectivity index is 1.68. The number of carbonyl (C=O) groups is 3. The first-order chi connectivity index (χ1) is 15.6. The van der Waals surface area contributed by atoms with Crippen molar-refractivity contribution >= 4 is 23.5 Å². The standard InChI is InChI=1S/C26H32N2O5/c1-23(2,3)33-22(31)28-18-9-6-5-8-16(18)26-17-15-27-13-7-10-24(20(26)27,14-19(17)29)11-12-25(26,28)21(30)32-4/h5-6,8-9,17,20H,7,10-15H2,1-4H3/t17-,20+,24-,25-,26+/m1/s1. The predicted octanol–water partition coefficient (Wildman–Crippen LogP) is 3.44. The van der Waals surface area contributed by atoms with Crippen molar-refractivity contribution < 1.29 is 23.9 Å². The topological polar surface area (TPSA) is 76.2 Å². The molecule has 5 atom stereocenters. The van der Waals surface area contributed by atoms with E-state index >= 15 is 0 Å². The minimum absolute atomic E-state index is 0.0305. The molecule has 7 heteroatoms. The summed E-state index contributed by atoms with van der Waals surface area (Å²) in [5.74, 6) is -0.559. The number of hydrogen-bond acceptors (Lipinski definition) is 6. The second-order valence-electron chi connectivity index (χ2n) is 11.6. The fraction of sp³-hybridized carbons (Fsp3) is 0.654. The van der Waals surface area contributed by atoms with Crippen molar-refractivity contribution in [2.75, 3.05) is 25.1 Å². The van der Waals surface area contributed by atoms with Crippen molar-refractivity contribution in [3.63, 3.8) is 0 Å². The summed E-state index contributed by atoms with van der Waals surface area (Å²) in [4.78, 5) is 45.6. The largest absolute Gasteiger partial charge is 0.467 e. The smallest absolute Gasteiger partial charge is 0.415 e. The minimum Gasteiger partial charge on any atom is -0.467 e. The number of anilines is 1. The van der Waals surface area contributed by atoms with Gasteiger partial charge in [0.25, 0.3) is 0 Å². The van der Waals surface area contributed by atoms with E-state index in [2.05, 4.69) is 4.90 Å². The lowest BCUT2D eigenvalue weighted by molar-refractivity contribution is -0.166. The molecule has 0 unspecified atom stereocenters. The Morgan fingerprint density at radius 2 is 1.88 bits per heavy atom. The molecule has 2 saturated carbocycles. The molecule has 1 aromatic rings. The Labute approximate surface area is 194 Å². The number of benzene rings is 1. The van der Waals surface area contributed by atoms with Gasteiger partial charge in [-0.15, -0.1) is 0 Å². The van der Waals surface area contributed by atoms with Gasteiger partial charge < -0.3 is 9.47 Å². The molecule has 6 rings (SSSR count). The summed E-state index contributed by atoms with van der Waals surface area (Å²) in [6, 6.07) is 7.80. The average Bonchev–Trinajstić information content (AvgIpc) is 3.23. The van der Waals surface area contributed by atoms with E-state index in [1.54, 1.807) is 4.90 Å². The molecule has 3 aliphatic heterocycles. The number of esters is 1. The zero-order chi connectivity index (χ0) is 23.4. The molecule has 5 aliphatic rings. The number of methoxy groups -OCH3 is 1. The van der Waals surface area contributed by atoms with Crippen molar-refractivity contribution in [3.8, 4) is 0 Å². The molecule has 1 aromatic carbocycles. The van der Waals surface area contributed by atoms with Gasteiger partial charge in [-0.2, -0.15) is 0 Å². The molecule has 1 spiro atoms. The van der Waals surface area contributed by atoms with E-state index in [1.165, 1.54) is 7.11 Å². The van der Waals surface area contributed by atoms with E-state index in [4.69, 9.17) is 9.47 Å². The van der Waals surface area contributed by atoms with E-state index < -0.39 is 28.6 Å². The first-order valence-corrected chi connectivity index (χ1v) is 12.1. The maximum atomic E-state index is 14.0. The van der Waals surface area contributed by atoms with Gasteiger partial charge in [0, 0.05) is 24.9 Å². The first kappa shape index (κ1) is 21.1. The third kappa shape index (κ3) is 2.27. The lowest BCUT2D eigenvalue weighted by Crippen LogP contribution is -2.78. The Hall–Kier alpha value is -2.41. The number of hydrogen-bond donors (Lipinski definition) is 0. The Morgan fingerprint density at radius 3 is 2.61 bits per heavy atom. The summed E-state index contributed by atoms with van der Waals surface area (Å²) in [6.07, 6.45) is 3.27. The van der Waals surface area contributed by atoms with Crippen LogP contribution in [-0.4, -0.2) is 60.1 Å². The van der Waals surface area contributed by atoms with Crippen LogP contribution >= 0.6 is 0 Å². The van der Waals surface area contributed by atoms with Gasteiger partial charge >= 0.3 is 12.1 Å². The zero-order valence-electron chi connectivity index (χ0n) is 19.8. The number of ketones is 1. The van der Waals surface area contributed by atoms with Crippen molar-refractivity contribution in [2.45, 2.75) is 75.5 Å². The van der Waals surface area contributed by atoms with E-state index in [-0.39, 0.29) is 23.2 Å². The first-order valence-electron chi connectivity index (χ1n) is 12.1. The molecule has 7 nitrogen and oxygen atoms in total. The van der Waals surface area contributed by atoms with Gasteiger partial charge in [0.05, 0.1) is 18.2 Å². The van der Waals surface area contributed by atoms with Crippen LogP contribution in [0.1, 0.15) is 58.4 Å². The molecule has 4 fully saturated rings. The fourth-order valence-electron chi connectivity index (χ4n) is 8.51. The quantitative estimate of drug-likeness (QED) is 0.608. The highest BCUT2D eigenvalue weighted by atomic mass is 16.6. The van der Waals surface area contributed by atoms with Gasteiger partial charge in [0.1, 0.15) is 11.4 Å². The SMILES string of the molecule is COC(=O)[C@]12CC[C@]34CCCN5C[C@H](C(=O)C3)[C@@]1(c1ccccc1N2C(=O)OC(C)(C)C)[C@@H]54. The second kappa shape index (κ2) is 6.38. The molecular weight excluding hydrogens is 420 g/mol. The molecule has 2 aliphatic carbocycles. The number of rotatable bonds is 1. The van der Waals surface area contributed by atoms with Crippen molar-refractivity contribution in [2.24, 2.45) is 11.3 Å². The molecular formula is C26H32N2O5. The Kier molecular flexibility index (Phi) is 4.09. The number of fused-ring (bicyclic) bond motifs is 1. The molecule has 4 bridgehead atoms. The van der Waals surface area contributed by atoms with Gasteiger partial charge in [-0.1, -0.05) is 18.2 Å². The predicted molar refractivity (Wildman–Crippen MR) is 121 cm³/mol. The summed E-state index contributed by atoms with van der Waals surface area (Å²) in [5.41, 5.74) is -1.39. The van der Waals surface area contributed by atoms with Gasteiger partial charge in [-0.3, -0.25) is 14.6 Å². The van der Waals surface area contributed by atoms with Crippen LogP contribution in [0.15, 0.2) is 24.3 Å². The molecule has 0 aromatic heterocycles. The maximum Gasteiger partial charge on any atom is 0.415 e. The monoisotopic (exact) mass is 452 g/mol. The van der Waals surface area contributed by atoms with Crippen LogP contribution in [0.2, 0.25) is 0 Å². The summed E-state index contributed by atoms with van der Waals surface area (Å²) in [6.45, 7) is 7.04. The lowest BCUT2D eigenvalue weighted by Gasteiger charge is -2.64. The number of para-hydroxylation sites is 1. The average molecular weight is 453 g/mol. The van der Waals surface area contributed by atoms with Crippen molar-refractivity contribution in [3.05, 3.63) is 29.8 Å². The Morgan fingerprint density at radius 1 is 1.12 bits per heavy atom. The number of Topliss-reactive ketones (excluding diaryl/α,β-unsaturated/α-hetero) is 1. The van der Waals surface area contributed by atoms with Crippen LogP contribution < -0.4 is 4.90 Å². The molecule has 176 valence electrons. The molecule has 1 amide bonds. The van der Waals surface area contributed by atoms with E-state index in [9.17, 15) is 14.4 Å². The number of carbonyl (C=O) groups excluding carboxylic acids is 3. The van der Waals surface area contributed by atoms with Crippen LogP contribution in [0.3, 0.4) is 0 Å². The fourth-order valence-corrected chi connectivity index (χ4v) is 8.51. The highest BCUT2D eigenvalue weighted by Gasteiger charge is 2.84. The van der Waals surface area contributed by atoms with Crippen molar-refractivity contribution in [1.82, 2.24) is 4.90 Å². The zero-order valence-corrected chi connectivity index (χ0v) is 19.8. The molecule has 2 saturated heterocycles. The van der Waals surface area contributed by atoms with Crippen LogP contribution in [0.25, 0.3) is 0 Å². The third-order valence-electron chi connectivity index (χ3n) is 9.12. The summed E-state index contributed by atoms with van der Waals surface area (Å²) >= 11 is 0. The number of nitrogens with zero attached hydrogens (tertiary/aromatic N) is 2. The highest BCUT2D eigenvalue weighted by Crippen LogP contribution is 2.74.